The molecule has 96 valence electrons. The lowest BCUT2D eigenvalue weighted by Gasteiger charge is -2.07. The minimum absolute atomic E-state index is 0.0203. The van der Waals surface area contributed by atoms with E-state index in [4.69, 9.17) is 21.9 Å². The molecule has 2 aromatic rings. The van der Waals surface area contributed by atoms with E-state index in [1.807, 2.05) is 0 Å². The largest absolute Gasteiger partial charge is 0.398 e. The number of nitrogens with two attached hydrogens (primary N) is 1. The molecule has 0 saturated heterocycles. The SMILES string of the molecule is Cc1cc(NS(=O)(=O)c2cc(Cl)ccc2N)on1. The minimum atomic E-state index is -3.85. The molecule has 8 heteroatoms. The number of anilines is 2. The van der Waals surface area contributed by atoms with Crippen molar-refractivity contribution in [3.63, 3.8) is 0 Å². The quantitative estimate of drug-likeness (QED) is 0.842. The third-order valence-electron chi connectivity index (χ3n) is 2.13. The van der Waals surface area contributed by atoms with E-state index in [-0.39, 0.29) is 21.5 Å². The average Bonchev–Trinajstić information content (AvgIpc) is 2.66. The average molecular weight is 288 g/mol. The number of halogens is 1. The van der Waals surface area contributed by atoms with Crippen LogP contribution < -0.4 is 10.5 Å². The zero-order valence-corrected chi connectivity index (χ0v) is 10.9. The predicted octanol–water partition coefficient (Wildman–Crippen LogP) is 2.02. The van der Waals surface area contributed by atoms with Gasteiger partial charge in [-0.2, -0.15) is 0 Å². The Morgan fingerprint density at radius 2 is 2.11 bits per heavy atom. The van der Waals surface area contributed by atoms with Crippen molar-refractivity contribution < 1.29 is 12.9 Å². The molecule has 0 amide bonds. The van der Waals surface area contributed by atoms with E-state index in [2.05, 4.69) is 9.88 Å². The van der Waals surface area contributed by atoms with Gasteiger partial charge in [-0.15, -0.1) is 0 Å². The second kappa shape index (κ2) is 4.51. The van der Waals surface area contributed by atoms with Crippen molar-refractivity contribution in [2.45, 2.75) is 11.8 Å². The van der Waals surface area contributed by atoms with E-state index in [1.165, 1.54) is 24.3 Å². The highest BCUT2D eigenvalue weighted by atomic mass is 35.5. The van der Waals surface area contributed by atoms with E-state index < -0.39 is 10.0 Å². The second-order valence-electron chi connectivity index (χ2n) is 3.62. The molecule has 1 heterocycles. The van der Waals surface area contributed by atoms with Gasteiger partial charge in [0.25, 0.3) is 10.0 Å². The lowest BCUT2D eigenvalue weighted by molar-refractivity contribution is 0.430. The molecule has 0 aliphatic carbocycles. The molecule has 0 atom stereocenters. The molecule has 0 saturated carbocycles. The fraction of sp³-hybridized carbons (Fsp3) is 0.100. The number of hydrogen-bond acceptors (Lipinski definition) is 5. The Morgan fingerprint density at radius 3 is 2.72 bits per heavy atom. The summed E-state index contributed by atoms with van der Waals surface area (Å²) in [7, 11) is -3.85. The van der Waals surface area contributed by atoms with Gasteiger partial charge in [0.2, 0.25) is 5.88 Å². The van der Waals surface area contributed by atoms with Gasteiger partial charge in [-0.1, -0.05) is 16.8 Å². The van der Waals surface area contributed by atoms with E-state index in [0.29, 0.717) is 5.69 Å². The maximum absolute atomic E-state index is 12.0. The van der Waals surface area contributed by atoms with E-state index in [0.717, 1.165) is 0 Å². The Labute approximate surface area is 109 Å². The summed E-state index contributed by atoms with van der Waals surface area (Å²) in [5.41, 5.74) is 6.27. The zero-order valence-electron chi connectivity index (χ0n) is 9.34. The molecule has 1 aromatic heterocycles. The summed E-state index contributed by atoms with van der Waals surface area (Å²) in [5, 5.41) is 3.85. The maximum Gasteiger partial charge on any atom is 0.266 e. The smallest absolute Gasteiger partial charge is 0.266 e. The van der Waals surface area contributed by atoms with Crippen LogP contribution in [0.1, 0.15) is 5.69 Å². The molecule has 2 rings (SSSR count). The van der Waals surface area contributed by atoms with Gasteiger partial charge in [0.15, 0.2) is 0 Å². The van der Waals surface area contributed by atoms with E-state index in [1.54, 1.807) is 6.92 Å². The number of rotatable bonds is 3. The van der Waals surface area contributed by atoms with Crippen molar-refractivity contribution >= 4 is 33.2 Å². The Hall–Kier alpha value is -1.73. The molecule has 0 spiro atoms. The second-order valence-corrected chi connectivity index (χ2v) is 5.71. The standard InChI is InChI=1S/C10H10ClN3O3S/c1-6-4-10(17-13-6)14-18(15,16)9-5-7(11)2-3-8(9)12/h2-5,14H,12H2,1H3. The van der Waals surface area contributed by atoms with Crippen molar-refractivity contribution in [3.8, 4) is 0 Å². The fourth-order valence-electron chi connectivity index (χ4n) is 1.34. The van der Waals surface area contributed by atoms with Crippen LogP contribution in [0, 0.1) is 6.92 Å². The highest BCUT2D eigenvalue weighted by Crippen LogP contribution is 2.25. The molecule has 3 N–H and O–H groups in total. The first-order chi connectivity index (χ1) is 8.38. The van der Waals surface area contributed by atoms with Crippen LogP contribution in [0.2, 0.25) is 5.02 Å². The molecule has 1 aromatic carbocycles. The van der Waals surface area contributed by atoms with E-state index >= 15 is 0 Å². The predicted molar refractivity (Wildman–Crippen MR) is 67.9 cm³/mol. The minimum Gasteiger partial charge on any atom is -0.398 e. The van der Waals surface area contributed by atoms with Crippen molar-refractivity contribution in [1.82, 2.24) is 5.16 Å². The Balaban J connectivity index is 2.39. The summed E-state index contributed by atoms with van der Waals surface area (Å²) in [6.45, 7) is 1.68. The molecule has 0 radical (unpaired) electrons. The Kier molecular flexibility index (Phi) is 3.18. The monoisotopic (exact) mass is 287 g/mol. The van der Waals surface area contributed by atoms with Crippen molar-refractivity contribution in [3.05, 3.63) is 35.0 Å². The van der Waals surface area contributed by atoms with Crippen LogP contribution in [-0.2, 0) is 10.0 Å². The van der Waals surface area contributed by atoms with Crippen LogP contribution in [0.4, 0.5) is 11.6 Å². The number of nitrogens with zero attached hydrogens (tertiary/aromatic N) is 1. The molecule has 0 aliphatic heterocycles. The molecule has 0 aliphatic rings. The molecule has 0 fully saturated rings. The first kappa shape index (κ1) is 12.7. The highest BCUT2D eigenvalue weighted by Gasteiger charge is 2.19. The highest BCUT2D eigenvalue weighted by molar-refractivity contribution is 7.92. The van der Waals surface area contributed by atoms with Crippen LogP contribution in [0.25, 0.3) is 0 Å². The molecule has 0 unspecified atom stereocenters. The maximum atomic E-state index is 12.0. The number of hydrogen-bond donors (Lipinski definition) is 2. The number of nitrogen functional groups attached to an aromatic ring is 1. The van der Waals surface area contributed by atoms with Gasteiger partial charge in [-0.25, -0.2) is 13.1 Å². The normalized spacial score (nSPS) is 11.4. The van der Waals surface area contributed by atoms with Crippen LogP contribution >= 0.6 is 11.6 Å². The molecule has 18 heavy (non-hydrogen) atoms. The fourth-order valence-corrected chi connectivity index (χ4v) is 2.71. The first-order valence-corrected chi connectivity index (χ1v) is 6.76. The number of aromatic nitrogens is 1. The summed E-state index contributed by atoms with van der Waals surface area (Å²) in [5.74, 6) is 0.0203. The van der Waals surface area contributed by atoms with Gasteiger partial charge in [0, 0.05) is 11.1 Å². The molecule has 0 bridgehead atoms. The van der Waals surface area contributed by atoms with Crippen LogP contribution in [0.3, 0.4) is 0 Å². The van der Waals surface area contributed by atoms with Gasteiger partial charge in [-0.3, -0.25) is 0 Å². The molecular weight excluding hydrogens is 278 g/mol. The topological polar surface area (TPSA) is 98.2 Å². The van der Waals surface area contributed by atoms with Crippen molar-refractivity contribution in [2.75, 3.05) is 10.5 Å². The summed E-state index contributed by atoms with van der Waals surface area (Å²) < 4.78 is 31.1. The lowest BCUT2D eigenvalue weighted by atomic mass is 10.3. The van der Waals surface area contributed by atoms with Crippen molar-refractivity contribution in [2.24, 2.45) is 0 Å². The van der Waals surface area contributed by atoms with Gasteiger partial charge >= 0.3 is 0 Å². The summed E-state index contributed by atoms with van der Waals surface area (Å²) in [6.07, 6.45) is 0. The lowest BCUT2D eigenvalue weighted by Crippen LogP contribution is -2.14. The molecular formula is C10H10ClN3O3S. The van der Waals surface area contributed by atoms with Crippen LogP contribution in [-0.4, -0.2) is 13.6 Å². The van der Waals surface area contributed by atoms with Crippen LogP contribution in [0.5, 0.6) is 0 Å². The van der Waals surface area contributed by atoms with Gasteiger partial charge < -0.3 is 10.3 Å². The van der Waals surface area contributed by atoms with Crippen molar-refractivity contribution in [1.29, 1.82) is 0 Å². The zero-order chi connectivity index (χ0) is 13.3. The van der Waals surface area contributed by atoms with Gasteiger partial charge in [-0.05, 0) is 25.1 Å². The molecule has 6 nitrogen and oxygen atoms in total. The summed E-state index contributed by atoms with van der Waals surface area (Å²) in [6, 6.07) is 5.65. The summed E-state index contributed by atoms with van der Waals surface area (Å²) >= 11 is 5.75. The first-order valence-electron chi connectivity index (χ1n) is 4.89. The Morgan fingerprint density at radius 1 is 1.39 bits per heavy atom. The van der Waals surface area contributed by atoms with Crippen LogP contribution in [0.15, 0.2) is 33.7 Å². The number of nitrogens with one attached hydrogen (secondary N) is 1. The third-order valence-corrected chi connectivity index (χ3v) is 3.77. The third kappa shape index (κ3) is 2.57. The number of aryl methyl sites for hydroxylation is 1. The van der Waals surface area contributed by atoms with Gasteiger partial charge in [0.1, 0.15) is 4.90 Å². The number of benzene rings is 1. The number of sulfonamides is 1. The summed E-state index contributed by atoms with van der Waals surface area (Å²) in [4.78, 5) is -0.107. The Bertz CT molecular complexity index is 681. The van der Waals surface area contributed by atoms with Gasteiger partial charge in [0.05, 0.1) is 11.4 Å². The van der Waals surface area contributed by atoms with E-state index in [9.17, 15) is 8.42 Å².